The van der Waals surface area contributed by atoms with E-state index >= 15 is 0 Å². The maximum absolute atomic E-state index is 3.84. The number of nitrogens with zero attached hydrogens (tertiary/aromatic N) is 1. The van der Waals surface area contributed by atoms with Gasteiger partial charge in [0.1, 0.15) is 0 Å². The van der Waals surface area contributed by atoms with E-state index in [0.717, 1.165) is 17.8 Å². The fourth-order valence-electron chi connectivity index (χ4n) is 4.69. The van der Waals surface area contributed by atoms with E-state index in [1.165, 1.54) is 38.6 Å². The minimum Gasteiger partial charge on any atom is -0.316 e. The minimum absolute atomic E-state index is 1.02. The smallest absolute Gasteiger partial charge is 0.0534 e. The Hall–Kier alpha value is -4.62. The second kappa shape index (κ2) is 11.4. The number of hydrogen-bond acceptors (Lipinski definition) is 1. The number of benzene rings is 5. The second-order valence-corrected chi connectivity index (χ2v) is 8.98. The van der Waals surface area contributed by atoms with Gasteiger partial charge in [-0.25, -0.2) is 0 Å². The fraction of sp³-hybridized carbons (Fsp3) is 0.0556. The first kappa shape index (κ1) is 24.1. The van der Waals surface area contributed by atoms with Crippen LogP contribution in [-0.2, 0) is 6.42 Å². The maximum Gasteiger partial charge on any atom is 0.0534 e. The van der Waals surface area contributed by atoms with Gasteiger partial charge in [-0.3, -0.25) is 0 Å². The lowest BCUT2D eigenvalue weighted by Crippen LogP contribution is -2.11. The summed E-state index contributed by atoms with van der Waals surface area (Å²) in [7, 11) is 0. The molecule has 0 amide bonds. The Morgan fingerprint density at radius 1 is 0.676 bits per heavy atom. The van der Waals surface area contributed by atoms with Gasteiger partial charge in [-0.05, 0) is 52.3 Å². The van der Waals surface area contributed by atoms with Crippen molar-refractivity contribution in [2.45, 2.75) is 13.3 Å². The van der Waals surface area contributed by atoms with Gasteiger partial charge in [-0.1, -0.05) is 135 Å². The van der Waals surface area contributed by atoms with Crippen LogP contribution >= 0.6 is 0 Å². The van der Waals surface area contributed by atoms with Gasteiger partial charge >= 0.3 is 0 Å². The van der Waals surface area contributed by atoms with Gasteiger partial charge in [0.2, 0.25) is 0 Å². The van der Waals surface area contributed by atoms with Gasteiger partial charge in [0.25, 0.3) is 0 Å². The van der Waals surface area contributed by atoms with Crippen LogP contribution in [0.5, 0.6) is 0 Å². The molecule has 0 radical (unpaired) electrons. The molecule has 0 saturated carbocycles. The van der Waals surface area contributed by atoms with Crippen LogP contribution in [0.15, 0.2) is 146 Å². The third-order valence-corrected chi connectivity index (χ3v) is 6.66. The Morgan fingerprint density at radius 2 is 1.27 bits per heavy atom. The van der Waals surface area contributed by atoms with Gasteiger partial charge in [0.15, 0.2) is 0 Å². The number of allylic oxidation sites excluding steroid dienone is 2. The first-order valence-corrected chi connectivity index (χ1v) is 12.8. The Morgan fingerprint density at radius 3 is 1.86 bits per heavy atom. The summed E-state index contributed by atoms with van der Waals surface area (Å²) < 4.78 is 0. The Bertz CT molecular complexity index is 1500. The van der Waals surface area contributed by atoms with E-state index in [1.54, 1.807) is 0 Å². The van der Waals surface area contributed by atoms with Crippen LogP contribution in [0.4, 0.5) is 11.4 Å². The van der Waals surface area contributed by atoms with E-state index in [2.05, 4.69) is 152 Å². The number of anilines is 2. The van der Waals surface area contributed by atoms with Crippen molar-refractivity contribution >= 4 is 33.8 Å². The van der Waals surface area contributed by atoms with Gasteiger partial charge in [0, 0.05) is 22.8 Å². The summed E-state index contributed by atoms with van der Waals surface area (Å²) in [5.41, 5.74) is 8.30. The summed E-state index contributed by atoms with van der Waals surface area (Å²) in [6.07, 6.45) is 9.23. The molecule has 0 aliphatic carbocycles. The van der Waals surface area contributed by atoms with Gasteiger partial charge in [0.05, 0.1) is 5.69 Å². The lowest BCUT2D eigenvalue weighted by molar-refractivity contribution is 1.14. The molecule has 5 aromatic carbocycles. The van der Waals surface area contributed by atoms with Crippen LogP contribution in [0, 0.1) is 0 Å². The fourth-order valence-corrected chi connectivity index (χ4v) is 4.69. The van der Waals surface area contributed by atoms with E-state index in [9.17, 15) is 0 Å². The molecule has 37 heavy (non-hydrogen) atoms. The highest BCUT2D eigenvalue weighted by Crippen LogP contribution is 2.37. The van der Waals surface area contributed by atoms with E-state index < -0.39 is 0 Å². The first-order chi connectivity index (χ1) is 18.3. The van der Waals surface area contributed by atoms with Crippen molar-refractivity contribution in [2.24, 2.45) is 0 Å². The molecule has 0 bridgehead atoms. The SMILES string of the molecule is C=C/C=C/c1ccc(N(C=C(c2ccccc2)c2ccccc2)c2ccc(CC)cc2)c2ccccc12. The molecule has 5 aromatic rings. The van der Waals surface area contributed by atoms with Gasteiger partial charge in [-0.15, -0.1) is 0 Å². The Kier molecular flexibility index (Phi) is 7.43. The van der Waals surface area contributed by atoms with Crippen molar-refractivity contribution in [1.29, 1.82) is 0 Å². The molecule has 0 heterocycles. The lowest BCUT2D eigenvalue weighted by Gasteiger charge is -2.25. The zero-order valence-corrected chi connectivity index (χ0v) is 21.2. The predicted molar refractivity (Wildman–Crippen MR) is 161 cm³/mol. The first-order valence-electron chi connectivity index (χ1n) is 12.8. The highest BCUT2D eigenvalue weighted by atomic mass is 15.1. The standard InChI is InChI=1S/C36H31N/c1-3-5-14-31-23-26-36(34-20-13-12-19-33(31)34)37(32-24-21-28(4-2)22-25-32)27-35(29-15-8-6-9-16-29)30-17-10-7-11-18-30/h3,5-27H,1,4H2,2H3/b14-5+. The molecule has 0 N–H and O–H groups in total. The average Bonchev–Trinajstić information content (AvgIpc) is 2.98. The molecule has 0 aliphatic rings. The van der Waals surface area contributed by atoms with Crippen molar-refractivity contribution in [3.8, 4) is 0 Å². The zero-order chi connectivity index (χ0) is 25.5. The lowest BCUT2D eigenvalue weighted by atomic mass is 9.97. The number of aryl methyl sites for hydroxylation is 1. The topological polar surface area (TPSA) is 3.24 Å². The predicted octanol–water partition coefficient (Wildman–Crippen LogP) is 9.83. The van der Waals surface area contributed by atoms with Crippen LogP contribution in [-0.4, -0.2) is 0 Å². The summed E-state index contributed by atoms with van der Waals surface area (Å²) >= 11 is 0. The van der Waals surface area contributed by atoms with Crippen LogP contribution in [0.3, 0.4) is 0 Å². The Balaban J connectivity index is 1.77. The maximum atomic E-state index is 3.84. The number of fused-ring (bicyclic) bond motifs is 1. The molecule has 5 rings (SSSR count). The zero-order valence-electron chi connectivity index (χ0n) is 21.2. The minimum atomic E-state index is 1.02. The molecule has 0 saturated heterocycles. The average molecular weight is 478 g/mol. The van der Waals surface area contributed by atoms with E-state index in [-0.39, 0.29) is 0 Å². The normalized spacial score (nSPS) is 10.9. The highest BCUT2D eigenvalue weighted by Gasteiger charge is 2.15. The molecular formula is C36H31N. The van der Waals surface area contributed by atoms with Crippen molar-refractivity contribution < 1.29 is 0 Å². The molecule has 0 fully saturated rings. The van der Waals surface area contributed by atoms with Crippen molar-refractivity contribution in [2.75, 3.05) is 4.90 Å². The highest BCUT2D eigenvalue weighted by molar-refractivity contribution is 6.02. The second-order valence-electron chi connectivity index (χ2n) is 8.98. The van der Waals surface area contributed by atoms with Crippen molar-refractivity contribution in [3.63, 3.8) is 0 Å². The van der Waals surface area contributed by atoms with Crippen LogP contribution in [0.1, 0.15) is 29.2 Å². The molecule has 0 unspecified atom stereocenters. The van der Waals surface area contributed by atoms with Gasteiger partial charge < -0.3 is 4.90 Å². The molecule has 180 valence electrons. The molecule has 0 aromatic heterocycles. The third-order valence-electron chi connectivity index (χ3n) is 6.66. The van der Waals surface area contributed by atoms with Crippen LogP contribution in [0.25, 0.3) is 22.4 Å². The molecule has 0 atom stereocenters. The van der Waals surface area contributed by atoms with Gasteiger partial charge in [-0.2, -0.15) is 0 Å². The van der Waals surface area contributed by atoms with E-state index in [0.29, 0.717) is 0 Å². The molecule has 1 nitrogen and oxygen atoms in total. The molecule has 0 aliphatic heterocycles. The quantitative estimate of drug-likeness (QED) is 0.201. The summed E-state index contributed by atoms with van der Waals surface area (Å²) in [6, 6.07) is 43.2. The molecular weight excluding hydrogens is 446 g/mol. The van der Waals surface area contributed by atoms with Crippen LogP contribution in [0.2, 0.25) is 0 Å². The van der Waals surface area contributed by atoms with Crippen LogP contribution < -0.4 is 4.90 Å². The monoisotopic (exact) mass is 477 g/mol. The molecule has 1 heteroatoms. The van der Waals surface area contributed by atoms with Crippen molar-refractivity contribution in [3.05, 3.63) is 169 Å². The number of rotatable bonds is 8. The number of hydrogen-bond donors (Lipinski definition) is 0. The molecule has 0 spiro atoms. The van der Waals surface area contributed by atoms with E-state index in [4.69, 9.17) is 0 Å². The summed E-state index contributed by atoms with van der Waals surface area (Å²) in [6.45, 7) is 6.04. The Labute approximate surface area is 220 Å². The summed E-state index contributed by atoms with van der Waals surface area (Å²) in [5, 5.41) is 2.41. The van der Waals surface area contributed by atoms with E-state index in [1.807, 2.05) is 12.2 Å². The third kappa shape index (κ3) is 5.32. The summed E-state index contributed by atoms with van der Waals surface area (Å²) in [4.78, 5) is 2.33. The summed E-state index contributed by atoms with van der Waals surface area (Å²) in [5.74, 6) is 0. The van der Waals surface area contributed by atoms with Crippen molar-refractivity contribution in [1.82, 2.24) is 0 Å². The largest absolute Gasteiger partial charge is 0.316 e.